The highest BCUT2D eigenvalue weighted by atomic mass is 32.1. The smallest absolute Gasteiger partial charge is 0.228 e. The van der Waals surface area contributed by atoms with E-state index in [-0.39, 0.29) is 11.8 Å². The van der Waals surface area contributed by atoms with E-state index < -0.39 is 0 Å². The normalized spacial score (nSPS) is 19.7. The summed E-state index contributed by atoms with van der Waals surface area (Å²) in [5.74, 6) is 0.211. The van der Waals surface area contributed by atoms with Crippen molar-refractivity contribution in [2.45, 2.75) is 19.3 Å². The van der Waals surface area contributed by atoms with Crippen LogP contribution in [0.1, 0.15) is 18.5 Å². The molecule has 0 atom stereocenters. The summed E-state index contributed by atoms with van der Waals surface area (Å²) in [4.78, 5) is 31.7. The average Bonchev–Trinajstić information content (AvgIpc) is 3.08. The second kappa shape index (κ2) is 5.88. The molecule has 0 radical (unpaired) electrons. The molecule has 0 aliphatic carbocycles. The number of aromatic nitrogens is 1. The molecule has 1 aromatic heterocycles. The van der Waals surface area contributed by atoms with Crippen molar-refractivity contribution in [1.29, 1.82) is 0 Å². The predicted molar refractivity (Wildman–Crippen MR) is 74.8 cm³/mol. The fourth-order valence-electron chi connectivity index (χ4n) is 2.43. The first-order valence-electron chi connectivity index (χ1n) is 6.84. The van der Waals surface area contributed by atoms with Crippen molar-refractivity contribution in [3.8, 4) is 0 Å². The summed E-state index contributed by atoms with van der Waals surface area (Å²) in [7, 11) is 0. The molecule has 0 bridgehead atoms. The van der Waals surface area contributed by atoms with Crippen molar-refractivity contribution >= 4 is 28.3 Å². The fourth-order valence-corrected chi connectivity index (χ4v) is 3.30. The minimum Gasteiger partial charge on any atom is -0.378 e. The van der Waals surface area contributed by atoms with Gasteiger partial charge in [-0.15, -0.1) is 11.3 Å². The van der Waals surface area contributed by atoms with E-state index in [0.717, 1.165) is 23.8 Å². The Balaban J connectivity index is 1.62. The first kappa shape index (κ1) is 13.5. The summed E-state index contributed by atoms with van der Waals surface area (Å²) < 4.78 is 5.23. The third-order valence-electron chi connectivity index (χ3n) is 3.54. The number of ether oxygens (including phenoxy) is 1. The van der Waals surface area contributed by atoms with Crippen molar-refractivity contribution in [2.75, 3.05) is 37.7 Å². The summed E-state index contributed by atoms with van der Waals surface area (Å²) in [6.07, 6.45) is 1.79. The van der Waals surface area contributed by atoms with Gasteiger partial charge in [-0.05, 0) is 6.42 Å². The summed E-state index contributed by atoms with van der Waals surface area (Å²) >= 11 is 1.44. The zero-order valence-electron chi connectivity index (χ0n) is 11.2. The van der Waals surface area contributed by atoms with E-state index >= 15 is 0 Å². The standard InChI is InChI=1S/C13H17N3O3S/c17-11-2-1-3-16(11)13-14-10(9-20-13)8-12(18)15-4-6-19-7-5-15/h9H,1-8H2. The number of hydrogen-bond donors (Lipinski definition) is 0. The van der Waals surface area contributed by atoms with Crippen molar-refractivity contribution in [3.05, 3.63) is 11.1 Å². The second-order valence-corrected chi connectivity index (χ2v) is 5.78. The van der Waals surface area contributed by atoms with Gasteiger partial charge >= 0.3 is 0 Å². The van der Waals surface area contributed by atoms with Crippen molar-refractivity contribution in [2.24, 2.45) is 0 Å². The Morgan fingerprint density at radius 1 is 1.35 bits per heavy atom. The summed E-state index contributed by atoms with van der Waals surface area (Å²) in [5, 5.41) is 2.59. The fraction of sp³-hybridized carbons (Fsp3) is 0.615. The van der Waals surface area contributed by atoms with Crippen LogP contribution in [-0.4, -0.2) is 54.5 Å². The summed E-state index contributed by atoms with van der Waals surface area (Å²) in [6.45, 7) is 3.26. The zero-order valence-corrected chi connectivity index (χ0v) is 12.0. The van der Waals surface area contributed by atoms with Crippen LogP contribution >= 0.6 is 11.3 Å². The molecule has 108 valence electrons. The molecule has 0 unspecified atom stereocenters. The maximum Gasteiger partial charge on any atom is 0.228 e. The Hall–Kier alpha value is -1.47. The second-order valence-electron chi connectivity index (χ2n) is 4.94. The van der Waals surface area contributed by atoms with Gasteiger partial charge in [-0.3, -0.25) is 14.5 Å². The van der Waals surface area contributed by atoms with E-state index in [4.69, 9.17) is 4.74 Å². The lowest BCUT2D eigenvalue weighted by atomic mass is 10.3. The van der Waals surface area contributed by atoms with Crippen molar-refractivity contribution < 1.29 is 14.3 Å². The predicted octanol–water partition coefficient (Wildman–Crippen LogP) is 0.671. The molecule has 7 heteroatoms. The highest BCUT2D eigenvalue weighted by molar-refractivity contribution is 7.14. The monoisotopic (exact) mass is 295 g/mol. The maximum absolute atomic E-state index is 12.1. The molecule has 6 nitrogen and oxygen atoms in total. The van der Waals surface area contributed by atoms with Gasteiger partial charge in [0.15, 0.2) is 5.13 Å². The molecule has 0 aromatic carbocycles. The highest BCUT2D eigenvalue weighted by Crippen LogP contribution is 2.25. The molecular formula is C13H17N3O3S. The number of hydrogen-bond acceptors (Lipinski definition) is 5. The molecule has 3 rings (SSSR count). The van der Waals surface area contributed by atoms with Gasteiger partial charge in [0.25, 0.3) is 0 Å². The summed E-state index contributed by atoms with van der Waals surface area (Å²) in [5.41, 5.74) is 0.751. The number of anilines is 1. The van der Waals surface area contributed by atoms with Crippen LogP contribution in [0, 0.1) is 0 Å². The minimum atomic E-state index is 0.0814. The van der Waals surface area contributed by atoms with Gasteiger partial charge in [-0.2, -0.15) is 0 Å². The largest absolute Gasteiger partial charge is 0.378 e. The lowest BCUT2D eigenvalue weighted by Crippen LogP contribution is -2.41. The van der Waals surface area contributed by atoms with Crippen LogP contribution in [0.3, 0.4) is 0 Å². The lowest BCUT2D eigenvalue weighted by Gasteiger charge is -2.26. The van der Waals surface area contributed by atoms with Crippen molar-refractivity contribution in [1.82, 2.24) is 9.88 Å². The molecule has 2 fully saturated rings. The number of amides is 2. The molecule has 0 spiro atoms. The Bertz CT molecular complexity index is 511. The minimum absolute atomic E-state index is 0.0814. The van der Waals surface area contributed by atoms with Crippen LogP contribution in [0.4, 0.5) is 5.13 Å². The van der Waals surface area contributed by atoms with Crippen LogP contribution in [0.2, 0.25) is 0 Å². The Labute approximate surface area is 121 Å². The van der Waals surface area contributed by atoms with Gasteiger partial charge in [-0.1, -0.05) is 0 Å². The first-order valence-corrected chi connectivity index (χ1v) is 7.72. The number of thiazole rings is 1. The van der Waals surface area contributed by atoms with Crippen LogP contribution in [0.25, 0.3) is 0 Å². The first-order chi connectivity index (χ1) is 9.74. The zero-order chi connectivity index (χ0) is 13.9. The molecule has 0 saturated carbocycles. The van der Waals surface area contributed by atoms with Crippen molar-refractivity contribution in [3.63, 3.8) is 0 Å². The van der Waals surface area contributed by atoms with Gasteiger partial charge in [-0.25, -0.2) is 4.98 Å². The van der Waals surface area contributed by atoms with Gasteiger partial charge < -0.3 is 9.64 Å². The molecule has 2 saturated heterocycles. The average molecular weight is 295 g/mol. The third kappa shape index (κ3) is 2.83. The lowest BCUT2D eigenvalue weighted by molar-refractivity contribution is -0.134. The number of rotatable bonds is 3. The van der Waals surface area contributed by atoms with E-state index in [9.17, 15) is 9.59 Å². The topological polar surface area (TPSA) is 62.7 Å². The van der Waals surface area contributed by atoms with Gasteiger partial charge in [0.2, 0.25) is 11.8 Å². The van der Waals surface area contributed by atoms with Crippen LogP contribution in [0.15, 0.2) is 5.38 Å². The van der Waals surface area contributed by atoms with Crippen LogP contribution in [0.5, 0.6) is 0 Å². The molecule has 0 N–H and O–H groups in total. The highest BCUT2D eigenvalue weighted by Gasteiger charge is 2.25. The van der Waals surface area contributed by atoms with Crippen LogP contribution < -0.4 is 4.90 Å². The van der Waals surface area contributed by atoms with E-state index in [1.807, 2.05) is 10.3 Å². The molecule has 20 heavy (non-hydrogen) atoms. The number of nitrogens with zero attached hydrogens (tertiary/aromatic N) is 3. The van der Waals surface area contributed by atoms with E-state index in [1.54, 1.807) is 4.90 Å². The molecule has 2 aliphatic heterocycles. The number of carbonyl (C=O) groups excluding carboxylic acids is 2. The molecular weight excluding hydrogens is 278 g/mol. The molecule has 2 amide bonds. The van der Waals surface area contributed by atoms with Gasteiger partial charge in [0, 0.05) is 31.4 Å². The Kier molecular flexibility index (Phi) is 3.98. The molecule has 1 aromatic rings. The van der Waals surface area contributed by atoms with E-state index in [0.29, 0.717) is 39.1 Å². The Morgan fingerprint density at radius 3 is 2.85 bits per heavy atom. The molecule has 2 aliphatic rings. The maximum atomic E-state index is 12.1. The quantitative estimate of drug-likeness (QED) is 0.822. The SMILES string of the molecule is O=C(Cc1csc(N2CCCC2=O)n1)N1CCOCC1. The van der Waals surface area contributed by atoms with Gasteiger partial charge in [0.05, 0.1) is 25.3 Å². The van der Waals surface area contributed by atoms with E-state index in [2.05, 4.69) is 4.98 Å². The summed E-state index contributed by atoms with van der Waals surface area (Å²) in [6, 6.07) is 0. The third-order valence-corrected chi connectivity index (χ3v) is 4.45. The van der Waals surface area contributed by atoms with E-state index in [1.165, 1.54) is 11.3 Å². The molecule has 3 heterocycles. The van der Waals surface area contributed by atoms with Gasteiger partial charge in [0.1, 0.15) is 0 Å². The van der Waals surface area contributed by atoms with Crippen LogP contribution in [-0.2, 0) is 20.7 Å². The Morgan fingerprint density at radius 2 is 2.15 bits per heavy atom. The number of morpholine rings is 1. The number of carbonyl (C=O) groups is 2.